The Balaban J connectivity index is 2.03. The second-order valence-electron chi connectivity index (χ2n) is 4.50. The van der Waals surface area contributed by atoms with Crippen LogP contribution >= 0.6 is 0 Å². The van der Waals surface area contributed by atoms with Crippen LogP contribution in [-0.2, 0) is 6.54 Å². The highest BCUT2D eigenvalue weighted by molar-refractivity contribution is 5.15. The van der Waals surface area contributed by atoms with Gasteiger partial charge < -0.3 is 0 Å². The van der Waals surface area contributed by atoms with E-state index in [1.807, 2.05) is 6.20 Å². The van der Waals surface area contributed by atoms with Gasteiger partial charge >= 0.3 is 0 Å². The maximum absolute atomic E-state index is 4.03. The van der Waals surface area contributed by atoms with Gasteiger partial charge in [0.1, 0.15) is 0 Å². The van der Waals surface area contributed by atoms with E-state index in [2.05, 4.69) is 35.9 Å². The van der Waals surface area contributed by atoms with E-state index >= 15 is 0 Å². The van der Waals surface area contributed by atoms with E-state index in [4.69, 9.17) is 0 Å². The zero-order chi connectivity index (χ0) is 9.47. The third kappa shape index (κ3) is 1.48. The summed E-state index contributed by atoms with van der Waals surface area (Å²) < 4.78 is 0. The molecule has 1 aromatic heterocycles. The number of hydrogen-bond acceptors (Lipinski definition) is 2. The lowest BCUT2D eigenvalue weighted by molar-refractivity contribution is 0.00780. The van der Waals surface area contributed by atoms with Crippen LogP contribution in [0.2, 0.25) is 0 Å². The molecule has 2 rings (SSSR count). The number of aromatic amines is 1. The van der Waals surface area contributed by atoms with Crippen molar-refractivity contribution < 1.29 is 0 Å². The SMILES string of the molecule is Cc1[nH]ncc1CN1CCC1(C)C. The van der Waals surface area contributed by atoms with E-state index in [0.717, 1.165) is 6.54 Å². The summed E-state index contributed by atoms with van der Waals surface area (Å²) in [4.78, 5) is 2.49. The van der Waals surface area contributed by atoms with E-state index in [0.29, 0.717) is 5.54 Å². The first-order valence-corrected chi connectivity index (χ1v) is 4.83. The van der Waals surface area contributed by atoms with Crippen molar-refractivity contribution in [3.05, 3.63) is 17.5 Å². The molecule has 1 aliphatic rings. The molecule has 0 aromatic carbocycles. The van der Waals surface area contributed by atoms with Crippen molar-refractivity contribution in [3.8, 4) is 0 Å². The van der Waals surface area contributed by atoms with Crippen LogP contribution in [0, 0.1) is 6.92 Å². The molecule has 0 atom stereocenters. The number of nitrogens with zero attached hydrogens (tertiary/aromatic N) is 2. The van der Waals surface area contributed by atoms with Gasteiger partial charge in [-0.3, -0.25) is 10.00 Å². The molecule has 0 aliphatic carbocycles. The maximum atomic E-state index is 4.03. The fourth-order valence-corrected chi connectivity index (χ4v) is 1.75. The van der Waals surface area contributed by atoms with Crippen LogP contribution in [-0.4, -0.2) is 27.2 Å². The molecule has 72 valence electrons. The Labute approximate surface area is 79.1 Å². The van der Waals surface area contributed by atoms with E-state index in [9.17, 15) is 0 Å². The van der Waals surface area contributed by atoms with Crippen LogP contribution < -0.4 is 0 Å². The number of rotatable bonds is 2. The Hall–Kier alpha value is -0.830. The van der Waals surface area contributed by atoms with Crippen molar-refractivity contribution in [3.63, 3.8) is 0 Å². The molecule has 1 aromatic rings. The summed E-state index contributed by atoms with van der Waals surface area (Å²) in [6.45, 7) is 8.93. The van der Waals surface area contributed by atoms with Crippen molar-refractivity contribution in [2.24, 2.45) is 0 Å². The molecule has 0 bridgehead atoms. The molecular weight excluding hydrogens is 162 g/mol. The Morgan fingerprint density at radius 2 is 2.38 bits per heavy atom. The van der Waals surface area contributed by atoms with Crippen molar-refractivity contribution >= 4 is 0 Å². The van der Waals surface area contributed by atoms with Gasteiger partial charge in [0, 0.05) is 29.9 Å². The molecule has 1 saturated heterocycles. The van der Waals surface area contributed by atoms with Gasteiger partial charge in [-0.05, 0) is 27.2 Å². The molecule has 0 unspecified atom stereocenters. The van der Waals surface area contributed by atoms with E-state index in [1.54, 1.807) is 0 Å². The second-order valence-corrected chi connectivity index (χ2v) is 4.50. The number of hydrogen-bond donors (Lipinski definition) is 1. The van der Waals surface area contributed by atoms with Crippen LogP contribution in [0.5, 0.6) is 0 Å². The molecule has 1 aliphatic heterocycles. The number of aromatic nitrogens is 2. The summed E-state index contributed by atoms with van der Waals surface area (Å²) in [5.74, 6) is 0. The fourth-order valence-electron chi connectivity index (χ4n) is 1.75. The summed E-state index contributed by atoms with van der Waals surface area (Å²) in [6.07, 6.45) is 3.24. The molecule has 0 spiro atoms. The normalized spacial score (nSPS) is 21.5. The average molecular weight is 179 g/mol. The summed E-state index contributed by atoms with van der Waals surface area (Å²) in [7, 11) is 0. The monoisotopic (exact) mass is 179 g/mol. The fraction of sp³-hybridized carbons (Fsp3) is 0.700. The van der Waals surface area contributed by atoms with Gasteiger partial charge in [-0.25, -0.2) is 0 Å². The summed E-state index contributed by atoms with van der Waals surface area (Å²) in [5.41, 5.74) is 2.92. The maximum Gasteiger partial charge on any atom is 0.0535 e. The van der Waals surface area contributed by atoms with E-state index in [1.165, 1.54) is 24.2 Å². The van der Waals surface area contributed by atoms with Crippen LogP contribution in [0.4, 0.5) is 0 Å². The number of aryl methyl sites for hydroxylation is 1. The molecule has 13 heavy (non-hydrogen) atoms. The second kappa shape index (κ2) is 2.84. The highest BCUT2D eigenvalue weighted by Gasteiger charge is 2.35. The van der Waals surface area contributed by atoms with Crippen LogP contribution in [0.3, 0.4) is 0 Å². The molecule has 0 saturated carbocycles. The molecule has 2 heterocycles. The molecule has 1 N–H and O–H groups in total. The smallest absolute Gasteiger partial charge is 0.0535 e. The van der Waals surface area contributed by atoms with Gasteiger partial charge in [0.15, 0.2) is 0 Å². The van der Waals surface area contributed by atoms with Gasteiger partial charge in [0.25, 0.3) is 0 Å². The van der Waals surface area contributed by atoms with E-state index in [-0.39, 0.29) is 0 Å². The van der Waals surface area contributed by atoms with Crippen molar-refractivity contribution in [2.45, 2.75) is 39.3 Å². The van der Waals surface area contributed by atoms with Crippen LogP contribution in [0.25, 0.3) is 0 Å². The van der Waals surface area contributed by atoms with E-state index < -0.39 is 0 Å². The minimum Gasteiger partial charge on any atom is -0.294 e. The van der Waals surface area contributed by atoms with Gasteiger partial charge in [-0.15, -0.1) is 0 Å². The molecule has 3 heteroatoms. The minimum absolute atomic E-state index is 0.393. The topological polar surface area (TPSA) is 31.9 Å². The zero-order valence-corrected chi connectivity index (χ0v) is 8.59. The lowest BCUT2D eigenvalue weighted by Gasteiger charge is -2.48. The predicted molar refractivity (Wildman–Crippen MR) is 52.4 cm³/mol. The van der Waals surface area contributed by atoms with Crippen molar-refractivity contribution in [1.82, 2.24) is 15.1 Å². The Bertz CT molecular complexity index is 301. The highest BCUT2D eigenvalue weighted by Crippen LogP contribution is 2.31. The summed E-state index contributed by atoms with van der Waals surface area (Å²) >= 11 is 0. The first-order valence-electron chi connectivity index (χ1n) is 4.83. The first-order chi connectivity index (χ1) is 6.09. The predicted octanol–water partition coefficient (Wildman–Crippen LogP) is 1.70. The number of likely N-dealkylation sites (tertiary alicyclic amines) is 1. The van der Waals surface area contributed by atoms with Crippen molar-refractivity contribution in [2.75, 3.05) is 6.54 Å². The Kier molecular flexibility index (Phi) is 1.91. The van der Waals surface area contributed by atoms with Gasteiger partial charge in [0.05, 0.1) is 6.20 Å². The van der Waals surface area contributed by atoms with Gasteiger partial charge in [0.2, 0.25) is 0 Å². The molecular formula is C10H17N3. The number of nitrogens with one attached hydrogen (secondary N) is 1. The molecule has 0 amide bonds. The molecule has 1 fully saturated rings. The third-order valence-electron chi connectivity index (χ3n) is 3.15. The highest BCUT2D eigenvalue weighted by atomic mass is 15.2. The molecule has 3 nitrogen and oxygen atoms in total. The minimum atomic E-state index is 0.393. The average Bonchev–Trinajstić information content (AvgIpc) is 2.45. The number of H-pyrrole nitrogens is 1. The summed E-state index contributed by atoms with van der Waals surface area (Å²) in [6, 6.07) is 0. The van der Waals surface area contributed by atoms with Crippen LogP contribution in [0.1, 0.15) is 31.5 Å². The first kappa shape index (κ1) is 8.75. The quantitative estimate of drug-likeness (QED) is 0.749. The lowest BCUT2D eigenvalue weighted by atomic mass is 9.88. The Morgan fingerprint density at radius 1 is 1.62 bits per heavy atom. The Morgan fingerprint density at radius 3 is 2.77 bits per heavy atom. The summed E-state index contributed by atoms with van der Waals surface area (Å²) in [5, 5.41) is 7.00. The van der Waals surface area contributed by atoms with Crippen LogP contribution in [0.15, 0.2) is 6.20 Å². The third-order valence-corrected chi connectivity index (χ3v) is 3.15. The largest absolute Gasteiger partial charge is 0.294 e. The van der Waals surface area contributed by atoms with Gasteiger partial charge in [-0.2, -0.15) is 5.10 Å². The molecule has 0 radical (unpaired) electrons. The van der Waals surface area contributed by atoms with Crippen molar-refractivity contribution in [1.29, 1.82) is 0 Å². The zero-order valence-electron chi connectivity index (χ0n) is 8.59. The van der Waals surface area contributed by atoms with Gasteiger partial charge in [-0.1, -0.05) is 0 Å². The lowest BCUT2D eigenvalue weighted by Crippen LogP contribution is -2.54. The standard InChI is InChI=1S/C10H17N3/c1-8-9(6-11-12-8)7-13-5-4-10(13,2)3/h6H,4-5,7H2,1-3H3,(H,11,12).